The Morgan fingerprint density at radius 1 is 1.00 bits per heavy atom. The van der Waals surface area contributed by atoms with Crippen molar-refractivity contribution >= 4 is 11.7 Å². The fourth-order valence-electron chi connectivity index (χ4n) is 4.22. The molecule has 0 aromatic carbocycles. The van der Waals surface area contributed by atoms with Crippen molar-refractivity contribution in [1.29, 1.82) is 0 Å². The Hall–Kier alpha value is -2.44. The lowest BCUT2D eigenvalue weighted by atomic mass is 9.88. The minimum absolute atomic E-state index is 0.249. The van der Waals surface area contributed by atoms with Crippen molar-refractivity contribution in [3.05, 3.63) is 29.8 Å². The predicted molar refractivity (Wildman–Crippen MR) is 104 cm³/mol. The summed E-state index contributed by atoms with van der Waals surface area (Å²) in [5.74, 6) is 2.19. The number of amides is 1. The quantitative estimate of drug-likeness (QED) is 0.833. The first-order chi connectivity index (χ1) is 13.1. The van der Waals surface area contributed by atoms with Gasteiger partial charge in [-0.3, -0.25) is 9.78 Å². The predicted octanol–water partition coefficient (Wildman–Crippen LogP) is 2.51. The average Bonchev–Trinajstić information content (AvgIpc) is 3.06. The van der Waals surface area contributed by atoms with Crippen LogP contribution in [-0.4, -0.2) is 56.7 Å². The lowest BCUT2D eigenvalue weighted by Crippen LogP contribution is -2.50. The standard InChI is InChI=1S/C20H28N6O/c1-15-12-16(2)26(23-15)19-14-21-13-18(22-19)24-8-10-25(11-9-24)20(27)17-6-4-3-5-7-17/h12-14,17H,3-11H2,1-2H3. The smallest absolute Gasteiger partial charge is 0.225 e. The van der Waals surface area contributed by atoms with Crippen LogP contribution in [0.15, 0.2) is 18.5 Å². The number of nitrogens with zero attached hydrogens (tertiary/aromatic N) is 6. The van der Waals surface area contributed by atoms with Gasteiger partial charge in [0.2, 0.25) is 5.91 Å². The van der Waals surface area contributed by atoms with E-state index in [2.05, 4.69) is 15.0 Å². The zero-order valence-electron chi connectivity index (χ0n) is 16.3. The number of rotatable bonds is 3. The van der Waals surface area contributed by atoms with Gasteiger partial charge in [0.25, 0.3) is 0 Å². The van der Waals surface area contributed by atoms with Gasteiger partial charge in [-0.1, -0.05) is 19.3 Å². The Bertz CT molecular complexity index is 803. The normalized spacial score (nSPS) is 18.7. The van der Waals surface area contributed by atoms with E-state index in [-0.39, 0.29) is 5.92 Å². The van der Waals surface area contributed by atoms with Gasteiger partial charge in [-0.25, -0.2) is 9.67 Å². The summed E-state index contributed by atoms with van der Waals surface area (Å²) in [7, 11) is 0. The van der Waals surface area contributed by atoms with E-state index in [9.17, 15) is 4.79 Å². The monoisotopic (exact) mass is 368 g/mol. The molecule has 0 N–H and O–H groups in total. The van der Waals surface area contributed by atoms with Crippen molar-refractivity contribution in [2.24, 2.45) is 5.92 Å². The molecule has 0 bridgehead atoms. The molecule has 1 aliphatic carbocycles. The molecule has 4 rings (SSSR count). The molecule has 2 aromatic rings. The van der Waals surface area contributed by atoms with E-state index in [0.29, 0.717) is 5.91 Å². The van der Waals surface area contributed by atoms with E-state index in [1.807, 2.05) is 29.5 Å². The maximum atomic E-state index is 12.7. The van der Waals surface area contributed by atoms with Crippen LogP contribution in [0.1, 0.15) is 43.5 Å². The van der Waals surface area contributed by atoms with Crippen LogP contribution in [0, 0.1) is 19.8 Å². The summed E-state index contributed by atoms with van der Waals surface area (Å²) >= 11 is 0. The van der Waals surface area contributed by atoms with Gasteiger partial charge in [-0.15, -0.1) is 0 Å². The van der Waals surface area contributed by atoms with E-state index >= 15 is 0 Å². The third-order valence-corrected chi connectivity index (χ3v) is 5.71. The molecule has 3 heterocycles. The first-order valence-corrected chi connectivity index (χ1v) is 10.0. The van der Waals surface area contributed by atoms with E-state index in [0.717, 1.165) is 62.0 Å². The van der Waals surface area contributed by atoms with Crippen LogP contribution in [0.5, 0.6) is 0 Å². The van der Waals surface area contributed by atoms with E-state index in [1.165, 1.54) is 19.3 Å². The van der Waals surface area contributed by atoms with Gasteiger partial charge in [-0.05, 0) is 32.8 Å². The van der Waals surface area contributed by atoms with E-state index in [1.54, 1.807) is 12.4 Å². The topological polar surface area (TPSA) is 67.2 Å². The van der Waals surface area contributed by atoms with Crippen LogP contribution in [0.3, 0.4) is 0 Å². The molecular weight excluding hydrogens is 340 g/mol. The molecule has 27 heavy (non-hydrogen) atoms. The first kappa shape index (κ1) is 17.9. The number of anilines is 1. The van der Waals surface area contributed by atoms with Gasteiger partial charge in [0.15, 0.2) is 5.82 Å². The van der Waals surface area contributed by atoms with Crippen LogP contribution >= 0.6 is 0 Å². The number of aryl methyl sites for hydroxylation is 2. The van der Waals surface area contributed by atoms with Gasteiger partial charge in [0.05, 0.1) is 18.1 Å². The highest BCUT2D eigenvalue weighted by molar-refractivity contribution is 5.79. The highest BCUT2D eigenvalue weighted by Crippen LogP contribution is 2.26. The molecule has 7 heteroatoms. The Kier molecular flexibility index (Phi) is 5.09. The molecule has 1 aliphatic heterocycles. The van der Waals surface area contributed by atoms with Gasteiger partial charge in [0.1, 0.15) is 5.82 Å². The Morgan fingerprint density at radius 2 is 1.70 bits per heavy atom. The van der Waals surface area contributed by atoms with Crippen molar-refractivity contribution in [3.63, 3.8) is 0 Å². The molecule has 2 aromatic heterocycles. The summed E-state index contributed by atoms with van der Waals surface area (Å²) in [4.78, 5) is 26.1. The maximum absolute atomic E-state index is 12.7. The highest BCUT2D eigenvalue weighted by atomic mass is 16.2. The molecule has 7 nitrogen and oxygen atoms in total. The summed E-state index contributed by atoms with van der Waals surface area (Å²) < 4.78 is 1.83. The summed E-state index contributed by atoms with van der Waals surface area (Å²) in [5.41, 5.74) is 2.01. The zero-order chi connectivity index (χ0) is 18.8. The molecule has 1 saturated carbocycles. The summed E-state index contributed by atoms with van der Waals surface area (Å²) in [5, 5.41) is 4.50. The second kappa shape index (κ2) is 7.66. The lowest BCUT2D eigenvalue weighted by Gasteiger charge is -2.37. The minimum atomic E-state index is 0.249. The van der Waals surface area contributed by atoms with Crippen molar-refractivity contribution in [2.75, 3.05) is 31.1 Å². The molecule has 0 spiro atoms. The second-order valence-electron chi connectivity index (χ2n) is 7.72. The van der Waals surface area contributed by atoms with Gasteiger partial charge in [-0.2, -0.15) is 5.10 Å². The van der Waals surface area contributed by atoms with Crippen molar-refractivity contribution in [3.8, 4) is 5.82 Å². The lowest BCUT2D eigenvalue weighted by molar-refractivity contribution is -0.136. The molecule has 1 saturated heterocycles. The van der Waals surface area contributed by atoms with E-state index < -0.39 is 0 Å². The molecule has 144 valence electrons. The van der Waals surface area contributed by atoms with Crippen molar-refractivity contribution < 1.29 is 4.79 Å². The molecule has 0 radical (unpaired) electrons. The second-order valence-corrected chi connectivity index (χ2v) is 7.72. The molecule has 0 unspecified atom stereocenters. The fraction of sp³-hybridized carbons (Fsp3) is 0.600. The first-order valence-electron chi connectivity index (χ1n) is 10.0. The number of aromatic nitrogens is 4. The maximum Gasteiger partial charge on any atom is 0.225 e. The molecule has 2 aliphatic rings. The number of carbonyl (C=O) groups excluding carboxylic acids is 1. The molecule has 1 amide bonds. The van der Waals surface area contributed by atoms with Crippen LogP contribution in [0.25, 0.3) is 5.82 Å². The van der Waals surface area contributed by atoms with Gasteiger partial charge < -0.3 is 9.80 Å². The number of hydrogen-bond donors (Lipinski definition) is 0. The Morgan fingerprint density at radius 3 is 2.37 bits per heavy atom. The largest absolute Gasteiger partial charge is 0.352 e. The van der Waals surface area contributed by atoms with Crippen LogP contribution in [0.4, 0.5) is 5.82 Å². The number of piperazine rings is 1. The SMILES string of the molecule is Cc1cc(C)n(-c2cncc(N3CCN(C(=O)C4CCCCC4)CC3)n2)n1. The highest BCUT2D eigenvalue weighted by Gasteiger charge is 2.28. The van der Waals surface area contributed by atoms with Crippen molar-refractivity contribution in [1.82, 2.24) is 24.6 Å². The van der Waals surface area contributed by atoms with E-state index in [4.69, 9.17) is 4.98 Å². The third-order valence-electron chi connectivity index (χ3n) is 5.71. The molecular formula is C20H28N6O. The summed E-state index contributed by atoms with van der Waals surface area (Å²) in [6.45, 7) is 7.12. The van der Waals surface area contributed by atoms with Crippen LogP contribution in [0.2, 0.25) is 0 Å². The fourth-order valence-corrected chi connectivity index (χ4v) is 4.22. The van der Waals surface area contributed by atoms with Gasteiger partial charge in [0, 0.05) is 37.8 Å². The number of carbonyl (C=O) groups is 1. The molecule has 0 atom stereocenters. The molecule has 2 fully saturated rings. The zero-order valence-corrected chi connectivity index (χ0v) is 16.3. The van der Waals surface area contributed by atoms with Crippen LogP contribution < -0.4 is 4.90 Å². The third kappa shape index (κ3) is 3.82. The summed E-state index contributed by atoms with van der Waals surface area (Å²) in [6, 6.07) is 2.03. The van der Waals surface area contributed by atoms with Gasteiger partial charge >= 0.3 is 0 Å². The summed E-state index contributed by atoms with van der Waals surface area (Å²) in [6.07, 6.45) is 9.35. The van der Waals surface area contributed by atoms with Crippen molar-refractivity contribution in [2.45, 2.75) is 46.0 Å². The Balaban J connectivity index is 1.42. The minimum Gasteiger partial charge on any atom is -0.352 e. The van der Waals surface area contributed by atoms with Crippen LogP contribution in [-0.2, 0) is 4.79 Å². The average molecular weight is 368 g/mol. The number of hydrogen-bond acceptors (Lipinski definition) is 5. The Labute approximate surface area is 160 Å².